The molecule has 1 saturated heterocycles. The third kappa shape index (κ3) is 4.35. The molecule has 1 aliphatic rings. The van der Waals surface area contributed by atoms with Crippen LogP contribution in [0, 0.1) is 11.8 Å². The Labute approximate surface area is 147 Å². The smallest absolute Gasteiger partial charge is 0.259 e. The van der Waals surface area contributed by atoms with Crippen molar-refractivity contribution in [2.75, 3.05) is 25.0 Å². The van der Waals surface area contributed by atoms with E-state index in [1.807, 2.05) is 24.0 Å². The van der Waals surface area contributed by atoms with Crippen molar-refractivity contribution in [2.24, 2.45) is 11.8 Å². The molecule has 3 heterocycles. The van der Waals surface area contributed by atoms with Crippen molar-refractivity contribution in [1.29, 1.82) is 0 Å². The number of aromatic nitrogens is 3. The Morgan fingerprint density at radius 2 is 2.24 bits per heavy atom. The molecule has 1 N–H and O–H groups in total. The Balaban J connectivity index is 1.55. The summed E-state index contributed by atoms with van der Waals surface area (Å²) in [6, 6.07) is 3.82. The molecule has 7 heteroatoms. The van der Waals surface area contributed by atoms with Crippen molar-refractivity contribution in [2.45, 2.75) is 33.6 Å². The summed E-state index contributed by atoms with van der Waals surface area (Å²) in [6.45, 7) is 8.60. The van der Waals surface area contributed by atoms with Crippen molar-refractivity contribution in [1.82, 2.24) is 20.0 Å². The van der Waals surface area contributed by atoms with E-state index >= 15 is 0 Å². The normalized spacial score (nSPS) is 17.5. The summed E-state index contributed by atoms with van der Waals surface area (Å²) in [7, 11) is 0. The highest BCUT2D eigenvalue weighted by Crippen LogP contribution is 2.20. The second-order valence-corrected chi connectivity index (χ2v) is 6.93. The molecular formula is C18H25N5O2. The Bertz CT molecular complexity index is 711. The number of hydrogen-bond acceptors (Lipinski definition) is 6. The van der Waals surface area contributed by atoms with Crippen LogP contribution in [0.15, 0.2) is 22.9 Å². The molecule has 0 aromatic carbocycles. The van der Waals surface area contributed by atoms with Crippen LogP contribution in [0.25, 0.3) is 11.5 Å². The molecule has 134 valence electrons. The van der Waals surface area contributed by atoms with Crippen molar-refractivity contribution in [3.8, 4) is 11.5 Å². The van der Waals surface area contributed by atoms with E-state index in [-0.39, 0.29) is 5.91 Å². The van der Waals surface area contributed by atoms with Crippen molar-refractivity contribution < 1.29 is 9.32 Å². The third-order valence-electron chi connectivity index (χ3n) is 4.32. The van der Waals surface area contributed by atoms with Crippen LogP contribution in [0.4, 0.5) is 5.82 Å². The van der Waals surface area contributed by atoms with Gasteiger partial charge in [-0.1, -0.05) is 19.0 Å². The van der Waals surface area contributed by atoms with Gasteiger partial charge in [-0.3, -0.25) is 4.79 Å². The Kier molecular flexibility index (Phi) is 5.31. The number of carbonyl (C=O) groups is 1. The number of anilines is 1. The van der Waals surface area contributed by atoms with Crippen LogP contribution in [-0.4, -0.2) is 45.6 Å². The zero-order chi connectivity index (χ0) is 17.8. The van der Waals surface area contributed by atoms with Gasteiger partial charge in [0.25, 0.3) is 5.89 Å². The highest BCUT2D eigenvalue weighted by Gasteiger charge is 2.27. The van der Waals surface area contributed by atoms with Crippen LogP contribution in [0.1, 0.15) is 33.0 Å². The molecule has 2 aromatic rings. The number of nitrogens with one attached hydrogen (secondary N) is 1. The van der Waals surface area contributed by atoms with Gasteiger partial charge in [0.2, 0.25) is 5.91 Å². The predicted octanol–water partition coefficient (Wildman–Crippen LogP) is 2.61. The molecular weight excluding hydrogens is 318 g/mol. The number of likely N-dealkylation sites (tertiary alicyclic amines) is 1. The van der Waals surface area contributed by atoms with E-state index in [2.05, 4.69) is 34.3 Å². The van der Waals surface area contributed by atoms with Crippen LogP contribution in [-0.2, 0) is 11.2 Å². The Morgan fingerprint density at radius 1 is 1.40 bits per heavy atom. The van der Waals surface area contributed by atoms with Gasteiger partial charge in [-0.15, -0.1) is 0 Å². The maximum Gasteiger partial charge on any atom is 0.259 e. The summed E-state index contributed by atoms with van der Waals surface area (Å²) in [5.74, 6) is 3.07. The standard InChI is InChI=1S/C18H25N5O2/c1-4-23-11-13(8-17(23)24)9-19-15-6-5-14(10-20-15)18-21-16(22-25-18)7-12(2)3/h5-6,10,12-13H,4,7-9,11H2,1-3H3,(H,19,20)/t13-/m1/s1. The lowest BCUT2D eigenvalue weighted by atomic mass is 10.1. The lowest BCUT2D eigenvalue weighted by Crippen LogP contribution is -2.25. The average Bonchev–Trinajstić information content (AvgIpc) is 3.19. The number of pyridine rings is 1. The molecule has 0 aliphatic carbocycles. The molecule has 0 radical (unpaired) electrons. The maximum atomic E-state index is 11.8. The van der Waals surface area contributed by atoms with Gasteiger partial charge in [0.1, 0.15) is 5.82 Å². The molecule has 7 nitrogen and oxygen atoms in total. The predicted molar refractivity (Wildman–Crippen MR) is 94.9 cm³/mol. The summed E-state index contributed by atoms with van der Waals surface area (Å²) in [5.41, 5.74) is 0.807. The largest absolute Gasteiger partial charge is 0.370 e. The lowest BCUT2D eigenvalue weighted by Gasteiger charge is -2.14. The van der Waals surface area contributed by atoms with Gasteiger partial charge in [0.15, 0.2) is 5.82 Å². The van der Waals surface area contributed by atoms with E-state index in [1.54, 1.807) is 6.20 Å². The summed E-state index contributed by atoms with van der Waals surface area (Å²) in [4.78, 5) is 22.5. The minimum absolute atomic E-state index is 0.242. The topological polar surface area (TPSA) is 84.2 Å². The highest BCUT2D eigenvalue weighted by atomic mass is 16.5. The third-order valence-corrected chi connectivity index (χ3v) is 4.32. The van der Waals surface area contributed by atoms with Gasteiger partial charge in [0.05, 0.1) is 5.56 Å². The first kappa shape index (κ1) is 17.4. The molecule has 0 saturated carbocycles. The van der Waals surface area contributed by atoms with Crippen LogP contribution in [0.3, 0.4) is 0 Å². The lowest BCUT2D eigenvalue weighted by molar-refractivity contribution is -0.127. The van der Waals surface area contributed by atoms with Crippen LogP contribution >= 0.6 is 0 Å². The fourth-order valence-corrected chi connectivity index (χ4v) is 2.99. The van der Waals surface area contributed by atoms with Crippen molar-refractivity contribution in [3.63, 3.8) is 0 Å². The molecule has 0 spiro atoms. The second kappa shape index (κ2) is 7.63. The molecule has 0 unspecified atom stereocenters. The van der Waals surface area contributed by atoms with E-state index in [9.17, 15) is 4.79 Å². The van der Waals surface area contributed by atoms with E-state index in [4.69, 9.17) is 4.52 Å². The first-order chi connectivity index (χ1) is 12.0. The molecule has 1 fully saturated rings. The zero-order valence-electron chi connectivity index (χ0n) is 15.0. The average molecular weight is 343 g/mol. The molecule has 1 aliphatic heterocycles. The van der Waals surface area contributed by atoms with Gasteiger partial charge >= 0.3 is 0 Å². The van der Waals surface area contributed by atoms with Crippen LogP contribution < -0.4 is 5.32 Å². The first-order valence-electron chi connectivity index (χ1n) is 8.85. The van der Waals surface area contributed by atoms with E-state index < -0.39 is 0 Å². The number of carbonyl (C=O) groups excluding carboxylic acids is 1. The second-order valence-electron chi connectivity index (χ2n) is 6.93. The maximum absolute atomic E-state index is 11.8. The minimum atomic E-state index is 0.242. The molecule has 3 rings (SSSR count). The fourth-order valence-electron chi connectivity index (χ4n) is 2.99. The van der Waals surface area contributed by atoms with Gasteiger partial charge in [-0.25, -0.2) is 4.98 Å². The Morgan fingerprint density at radius 3 is 2.88 bits per heavy atom. The molecule has 1 amide bonds. The SMILES string of the molecule is CCN1C[C@@H](CNc2ccc(-c3nc(CC(C)C)no3)cn2)CC1=O. The van der Waals surface area contributed by atoms with Gasteiger partial charge in [0, 0.05) is 44.6 Å². The van der Waals surface area contributed by atoms with Crippen molar-refractivity contribution >= 4 is 11.7 Å². The van der Waals surface area contributed by atoms with Crippen molar-refractivity contribution in [3.05, 3.63) is 24.2 Å². The monoisotopic (exact) mass is 343 g/mol. The fraction of sp³-hybridized carbons (Fsp3) is 0.556. The van der Waals surface area contributed by atoms with Crippen LogP contribution in [0.5, 0.6) is 0 Å². The molecule has 25 heavy (non-hydrogen) atoms. The van der Waals surface area contributed by atoms with E-state index in [0.29, 0.717) is 24.1 Å². The molecule has 0 bridgehead atoms. The summed E-state index contributed by atoms with van der Waals surface area (Å²) in [6.07, 6.45) is 3.14. The number of amides is 1. The Hall–Kier alpha value is -2.44. The van der Waals surface area contributed by atoms with Crippen LogP contribution in [0.2, 0.25) is 0 Å². The van der Waals surface area contributed by atoms with Gasteiger partial charge in [-0.05, 0) is 25.0 Å². The molecule has 2 aromatic heterocycles. The number of nitrogens with zero attached hydrogens (tertiary/aromatic N) is 4. The summed E-state index contributed by atoms with van der Waals surface area (Å²) < 4.78 is 5.30. The van der Waals surface area contributed by atoms with E-state index in [1.165, 1.54) is 0 Å². The first-order valence-corrected chi connectivity index (χ1v) is 8.85. The highest BCUT2D eigenvalue weighted by molar-refractivity contribution is 5.78. The number of rotatable bonds is 7. The number of hydrogen-bond donors (Lipinski definition) is 1. The quantitative estimate of drug-likeness (QED) is 0.832. The molecule has 1 atom stereocenters. The van der Waals surface area contributed by atoms with Gasteiger partial charge in [-0.2, -0.15) is 4.98 Å². The summed E-state index contributed by atoms with van der Waals surface area (Å²) in [5, 5.41) is 7.31. The summed E-state index contributed by atoms with van der Waals surface area (Å²) >= 11 is 0. The minimum Gasteiger partial charge on any atom is -0.370 e. The zero-order valence-corrected chi connectivity index (χ0v) is 15.0. The van der Waals surface area contributed by atoms with E-state index in [0.717, 1.165) is 43.3 Å². The van der Waals surface area contributed by atoms with Gasteiger partial charge < -0.3 is 14.7 Å².